The molecule has 202 valence electrons. The quantitative estimate of drug-likeness (QED) is 0.330. The normalized spacial score (nSPS) is 33.2. The van der Waals surface area contributed by atoms with Crippen molar-refractivity contribution >= 4 is 37.5 Å². The van der Waals surface area contributed by atoms with E-state index in [9.17, 15) is 19.5 Å². The van der Waals surface area contributed by atoms with Crippen LogP contribution in [0.5, 0.6) is 0 Å². The van der Waals surface area contributed by atoms with Gasteiger partial charge in [0.25, 0.3) is 5.91 Å². The average Bonchev–Trinajstić information content (AvgIpc) is 3.61. The number of nitrogens with one attached hydrogen (secondary N) is 3. The molecule has 0 unspecified atom stereocenters. The Morgan fingerprint density at radius 2 is 2.08 bits per heavy atom. The van der Waals surface area contributed by atoms with Crippen molar-refractivity contribution in [1.82, 2.24) is 10.2 Å². The minimum Gasteiger partial charge on any atom is -0.394 e. The van der Waals surface area contributed by atoms with Crippen LogP contribution in [0.25, 0.3) is 0 Å². The van der Waals surface area contributed by atoms with Gasteiger partial charge in [-0.1, -0.05) is 6.92 Å². The minimum atomic E-state index is -3.39. The number of halogens is 1. The molecule has 0 radical (unpaired) electrons. The highest BCUT2D eigenvalue weighted by Gasteiger charge is 2.65. The van der Waals surface area contributed by atoms with E-state index in [-0.39, 0.29) is 42.8 Å². The zero-order valence-corrected chi connectivity index (χ0v) is 22.7. The lowest BCUT2D eigenvalue weighted by Crippen LogP contribution is -2.42. The van der Waals surface area contributed by atoms with Gasteiger partial charge in [0.1, 0.15) is 0 Å². The number of nitrogens with zero attached hydrogens (tertiary/aromatic N) is 1. The molecule has 9 nitrogen and oxygen atoms in total. The molecule has 11 heteroatoms. The Bertz CT molecular complexity index is 1090. The molecular weight excluding hydrogens is 495 g/mol. The van der Waals surface area contributed by atoms with Gasteiger partial charge in [0.2, 0.25) is 20.2 Å². The molecule has 3 fully saturated rings. The first-order chi connectivity index (χ1) is 17.6. The number of anilines is 2. The lowest BCUT2D eigenvalue weighted by molar-refractivity contribution is -0.148. The second-order valence-electron chi connectivity index (χ2n) is 11.4. The topological polar surface area (TPSA) is 120 Å². The molecule has 37 heavy (non-hydrogen) atoms. The number of ether oxygens (including phenoxy) is 1. The van der Waals surface area contributed by atoms with Crippen molar-refractivity contribution in [3.05, 3.63) is 23.8 Å². The molecule has 3 saturated heterocycles. The van der Waals surface area contributed by atoms with Gasteiger partial charge >= 0.3 is 0 Å². The molecule has 5 rings (SSSR count). The number of aliphatic hydroxyl groups excluding tert-OH is 1. The molecule has 1 aromatic carbocycles. The van der Waals surface area contributed by atoms with Gasteiger partial charge in [-0.05, 0) is 63.5 Å². The number of likely N-dealkylation sites (tertiary alicyclic amines) is 1. The fourth-order valence-electron chi connectivity index (χ4n) is 6.93. The second-order valence-corrected chi connectivity index (χ2v) is 15.2. The van der Waals surface area contributed by atoms with E-state index in [4.69, 9.17) is 4.74 Å². The van der Waals surface area contributed by atoms with Gasteiger partial charge < -0.3 is 34.8 Å². The lowest BCUT2D eigenvalue weighted by atomic mass is 9.82. The monoisotopic (exact) mass is 532 g/mol. The molecule has 4 N–H and O–H groups in total. The molecule has 0 bridgehead atoms. The SMILES string of the molecule is C[C@H]1[C@H]([Si](C)(C)F)[C@@H](CC(=O)N2CCC[C@H]2CO)O[C@]12C(=O)Nc1ccc(NC(=O)[C@H]3CCCN3)cc12. The Kier molecular flexibility index (Phi) is 6.93. The van der Waals surface area contributed by atoms with Crippen LogP contribution in [0.3, 0.4) is 0 Å². The van der Waals surface area contributed by atoms with Crippen LogP contribution >= 0.6 is 0 Å². The molecule has 0 aromatic heterocycles. The van der Waals surface area contributed by atoms with Crippen LogP contribution in [-0.2, 0) is 24.7 Å². The van der Waals surface area contributed by atoms with E-state index >= 15 is 4.11 Å². The third kappa shape index (κ3) is 4.49. The first-order valence-electron chi connectivity index (χ1n) is 13.3. The number of rotatable bonds is 6. The van der Waals surface area contributed by atoms with Crippen LogP contribution in [0.2, 0.25) is 18.6 Å². The third-order valence-corrected chi connectivity index (χ3v) is 11.1. The number of amides is 3. The fraction of sp³-hybridized carbons (Fsp3) is 0.654. The minimum absolute atomic E-state index is 0.0417. The van der Waals surface area contributed by atoms with Gasteiger partial charge in [-0.25, -0.2) is 0 Å². The molecule has 4 aliphatic rings. The molecule has 6 atom stereocenters. The van der Waals surface area contributed by atoms with Gasteiger partial charge in [0, 0.05) is 34.9 Å². The van der Waals surface area contributed by atoms with Gasteiger partial charge in [-0.15, -0.1) is 0 Å². The summed E-state index contributed by atoms with van der Waals surface area (Å²) in [4.78, 5) is 41.1. The average molecular weight is 533 g/mol. The Hall–Kier alpha value is -2.34. The maximum Gasteiger partial charge on any atom is 0.261 e. The van der Waals surface area contributed by atoms with Crippen molar-refractivity contribution in [2.75, 3.05) is 30.3 Å². The number of benzene rings is 1. The summed E-state index contributed by atoms with van der Waals surface area (Å²) in [7, 11) is -3.39. The Morgan fingerprint density at radius 1 is 1.30 bits per heavy atom. The van der Waals surface area contributed by atoms with E-state index in [0.29, 0.717) is 23.5 Å². The van der Waals surface area contributed by atoms with Gasteiger partial charge in [0.05, 0.1) is 31.2 Å². The summed E-state index contributed by atoms with van der Waals surface area (Å²) in [6.07, 6.45) is 2.45. The molecule has 0 saturated carbocycles. The third-order valence-electron chi connectivity index (χ3n) is 8.64. The molecule has 4 heterocycles. The summed E-state index contributed by atoms with van der Waals surface area (Å²) in [6.45, 7) is 6.28. The summed E-state index contributed by atoms with van der Waals surface area (Å²) in [6, 6.07) is 4.73. The summed E-state index contributed by atoms with van der Waals surface area (Å²) in [5, 5.41) is 18.7. The van der Waals surface area contributed by atoms with Crippen molar-refractivity contribution in [3.63, 3.8) is 0 Å². The highest BCUT2D eigenvalue weighted by atomic mass is 28.4. The molecule has 3 amide bonds. The predicted molar refractivity (Wildman–Crippen MR) is 139 cm³/mol. The largest absolute Gasteiger partial charge is 0.394 e. The summed E-state index contributed by atoms with van der Waals surface area (Å²) >= 11 is 0. The summed E-state index contributed by atoms with van der Waals surface area (Å²) < 4.78 is 22.3. The zero-order valence-electron chi connectivity index (χ0n) is 21.7. The lowest BCUT2D eigenvalue weighted by Gasteiger charge is -2.31. The van der Waals surface area contributed by atoms with E-state index in [0.717, 1.165) is 32.2 Å². The van der Waals surface area contributed by atoms with E-state index < -0.39 is 31.6 Å². The van der Waals surface area contributed by atoms with Gasteiger partial charge in [0.15, 0.2) is 5.60 Å². The first kappa shape index (κ1) is 26.3. The van der Waals surface area contributed by atoms with Crippen LogP contribution in [0, 0.1) is 5.92 Å². The second kappa shape index (κ2) is 9.76. The molecule has 1 spiro atoms. The number of hydrogen-bond donors (Lipinski definition) is 4. The summed E-state index contributed by atoms with van der Waals surface area (Å²) in [5.41, 5.74) is -0.369. The molecule has 1 aromatic rings. The first-order valence-corrected chi connectivity index (χ1v) is 16.3. The standard InChI is InChI=1S/C26H37FN4O5Si/c1-15-23(37(2,3)27)21(13-22(33)31-11-5-6-17(31)14-32)36-26(15)18-12-16(8-9-19(18)30-25(26)35)29-24(34)20-7-4-10-28-20/h8-9,12,15,17,20-21,23,28,32H,4-7,10-11,13-14H2,1-3H3,(H,29,34)(H,30,35)/t15-,17-,20+,21+,23-,26+/m0/s1. The zero-order chi connectivity index (χ0) is 26.5. The Labute approximate surface area is 217 Å². The van der Waals surface area contributed by atoms with Crippen molar-refractivity contribution in [2.45, 2.75) is 81.5 Å². The van der Waals surface area contributed by atoms with Crippen molar-refractivity contribution in [1.29, 1.82) is 0 Å². The number of aliphatic hydroxyl groups is 1. The Balaban J connectivity index is 1.45. The van der Waals surface area contributed by atoms with Crippen molar-refractivity contribution < 1.29 is 28.3 Å². The van der Waals surface area contributed by atoms with Crippen LogP contribution in [-0.4, -0.2) is 74.0 Å². The number of carbonyl (C=O) groups is 3. The van der Waals surface area contributed by atoms with Crippen LogP contribution < -0.4 is 16.0 Å². The smallest absolute Gasteiger partial charge is 0.261 e. The Morgan fingerprint density at radius 3 is 2.76 bits per heavy atom. The molecule has 0 aliphatic carbocycles. The summed E-state index contributed by atoms with van der Waals surface area (Å²) in [5.74, 6) is -1.21. The van der Waals surface area contributed by atoms with E-state index in [1.165, 1.54) is 0 Å². The maximum atomic E-state index is 15.8. The molecular formula is C26H37FN4O5Si. The molecule has 4 aliphatic heterocycles. The highest BCUT2D eigenvalue weighted by Crippen LogP contribution is 2.59. The van der Waals surface area contributed by atoms with E-state index in [2.05, 4.69) is 16.0 Å². The fourth-order valence-corrected chi connectivity index (χ4v) is 9.42. The van der Waals surface area contributed by atoms with Crippen molar-refractivity contribution in [3.8, 4) is 0 Å². The van der Waals surface area contributed by atoms with E-state index in [1.807, 2.05) is 6.92 Å². The van der Waals surface area contributed by atoms with Crippen LogP contribution in [0.15, 0.2) is 18.2 Å². The number of hydrogen-bond acceptors (Lipinski definition) is 6. The predicted octanol–water partition coefficient (Wildman–Crippen LogP) is 2.48. The number of fused-ring (bicyclic) bond motifs is 2. The van der Waals surface area contributed by atoms with Crippen LogP contribution in [0.1, 0.15) is 44.6 Å². The van der Waals surface area contributed by atoms with Crippen molar-refractivity contribution in [2.24, 2.45) is 5.92 Å². The number of carbonyl (C=O) groups excluding carboxylic acids is 3. The van der Waals surface area contributed by atoms with Gasteiger partial charge in [-0.3, -0.25) is 14.4 Å². The maximum absolute atomic E-state index is 15.8. The highest BCUT2D eigenvalue weighted by molar-refractivity contribution is 6.72. The van der Waals surface area contributed by atoms with Crippen LogP contribution in [0.4, 0.5) is 15.5 Å². The van der Waals surface area contributed by atoms with Gasteiger partial charge in [-0.2, -0.15) is 0 Å². The van der Waals surface area contributed by atoms with E-state index in [1.54, 1.807) is 36.2 Å².